The standard InChI is InChI=1S/C16H16F3NO3S/c1-22-13-6-2-3-7-14(13)24-10-15(21)20(11-16(17,18)19)9-12-5-4-8-23-12/h2-8H,9-11H2,1H3. The van der Waals surface area contributed by atoms with Gasteiger partial charge in [0.15, 0.2) is 0 Å². The summed E-state index contributed by atoms with van der Waals surface area (Å²) in [6, 6.07) is 10.1. The molecule has 0 saturated carbocycles. The van der Waals surface area contributed by atoms with Crippen LogP contribution in [0, 0.1) is 0 Å². The highest BCUT2D eigenvalue weighted by molar-refractivity contribution is 8.00. The van der Waals surface area contributed by atoms with E-state index in [0.717, 1.165) is 16.7 Å². The summed E-state index contributed by atoms with van der Waals surface area (Å²) in [7, 11) is 1.49. The third-order valence-corrected chi connectivity index (χ3v) is 4.11. The van der Waals surface area contributed by atoms with Crippen molar-refractivity contribution in [3.8, 4) is 5.75 Å². The minimum atomic E-state index is -4.47. The van der Waals surface area contributed by atoms with Gasteiger partial charge in [-0.25, -0.2) is 0 Å². The summed E-state index contributed by atoms with van der Waals surface area (Å²) in [5, 5.41) is 0. The van der Waals surface area contributed by atoms with Crippen molar-refractivity contribution >= 4 is 17.7 Å². The van der Waals surface area contributed by atoms with E-state index in [4.69, 9.17) is 9.15 Å². The van der Waals surface area contributed by atoms with Gasteiger partial charge in [-0.1, -0.05) is 12.1 Å². The van der Waals surface area contributed by atoms with Crippen LogP contribution in [-0.4, -0.2) is 36.4 Å². The number of carbonyl (C=O) groups is 1. The third-order valence-electron chi connectivity index (χ3n) is 3.07. The van der Waals surface area contributed by atoms with Crippen molar-refractivity contribution in [1.29, 1.82) is 0 Å². The van der Waals surface area contributed by atoms with Crippen LogP contribution < -0.4 is 4.74 Å². The second-order valence-corrected chi connectivity index (χ2v) is 5.90. The number of amides is 1. The van der Waals surface area contributed by atoms with Crippen molar-refractivity contribution in [1.82, 2.24) is 4.90 Å². The molecule has 2 aromatic rings. The summed E-state index contributed by atoms with van der Waals surface area (Å²) < 4.78 is 48.4. The van der Waals surface area contributed by atoms with Crippen LogP contribution in [0.3, 0.4) is 0 Å². The first kappa shape index (κ1) is 18.3. The number of nitrogens with zero attached hydrogens (tertiary/aromatic N) is 1. The van der Waals surface area contributed by atoms with Crippen LogP contribution in [0.4, 0.5) is 13.2 Å². The first-order valence-corrected chi connectivity index (χ1v) is 8.00. The molecule has 2 rings (SSSR count). The Bertz CT molecular complexity index is 659. The molecule has 0 unspecified atom stereocenters. The fraction of sp³-hybridized carbons (Fsp3) is 0.312. The van der Waals surface area contributed by atoms with Crippen molar-refractivity contribution in [2.45, 2.75) is 17.6 Å². The molecule has 130 valence electrons. The molecule has 1 heterocycles. The van der Waals surface area contributed by atoms with Gasteiger partial charge in [-0.05, 0) is 24.3 Å². The van der Waals surface area contributed by atoms with Gasteiger partial charge in [0.25, 0.3) is 0 Å². The van der Waals surface area contributed by atoms with Crippen molar-refractivity contribution in [3.05, 3.63) is 48.4 Å². The Morgan fingerprint density at radius 2 is 2.00 bits per heavy atom. The predicted molar refractivity (Wildman–Crippen MR) is 83.9 cm³/mol. The van der Waals surface area contributed by atoms with E-state index in [-0.39, 0.29) is 12.3 Å². The van der Waals surface area contributed by atoms with E-state index in [9.17, 15) is 18.0 Å². The van der Waals surface area contributed by atoms with Gasteiger partial charge in [0, 0.05) is 4.90 Å². The molecule has 0 saturated heterocycles. The number of ether oxygens (including phenoxy) is 1. The van der Waals surface area contributed by atoms with Gasteiger partial charge in [-0.2, -0.15) is 13.2 Å². The first-order chi connectivity index (χ1) is 11.4. The maximum absolute atomic E-state index is 12.7. The number of halogens is 3. The highest BCUT2D eigenvalue weighted by atomic mass is 32.2. The van der Waals surface area contributed by atoms with E-state index >= 15 is 0 Å². The van der Waals surface area contributed by atoms with Crippen LogP contribution in [-0.2, 0) is 11.3 Å². The SMILES string of the molecule is COc1ccccc1SCC(=O)N(Cc1ccco1)CC(F)(F)F. The average Bonchev–Trinajstić information content (AvgIpc) is 3.04. The van der Waals surface area contributed by atoms with E-state index in [1.54, 1.807) is 30.3 Å². The molecule has 0 aliphatic carbocycles. The summed E-state index contributed by atoms with van der Waals surface area (Å²) in [5.41, 5.74) is 0. The molecule has 24 heavy (non-hydrogen) atoms. The minimum Gasteiger partial charge on any atom is -0.496 e. The van der Waals surface area contributed by atoms with Gasteiger partial charge in [-0.3, -0.25) is 4.79 Å². The first-order valence-electron chi connectivity index (χ1n) is 7.02. The highest BCUT2D eigenvalue weighted by Crippen LogP contribution is 2.29. The van der Waals surface area contributed by atoms with Gasteiger partial charge in [0.05, 0.1) is 25.7 Å². The number of para-hydroxylation sites is 1. The summed E-state index contributed by atoms with van der Waals surface area (Å²) in [5.74, 6) is 0.121. The zero-order chi connectivity index (χ0) is 17.6. The molecule has 1 amide bonds. The molecule has 0 bridgehead atoms. The summed E-state index contributed by atoms with van der Waals surface area (Å²) in [6.07, 6.45) is -3.12. The Balaban J connectivity index is 2.03. The van der Waals surface area contributed by atoms with Crippen LogP contribution in [0.25, 0.3) is 0 Å². The summed E-state index contributed by atoms with van der Waals surface area (Å²) in [6.45, 7) is -1.54. The normalized spacial score (nSPS) is 11.3. The smallest absolute Gasteiger partial charge is 0.406 e. The number of alkyl halides is 3. The molecule has 0 spiro atoms. The molecule has 8 heteroatoms. The minimum absolute atomic E-state index is 0.128. The highest BCUT2D eigenvalue weighted by Gasteiger charge is 2.33. The van der Waals surface area contributed by atoms with E-state index in [1.165, 1.54) is 19.4 Å². The fourth-order valence-electron chi connectivity index (χ4n) is 2.01. The second-order valence-electron chi connectivity index (χ2n) is 4.88. The molecule has 0 aliphatic rings. The number of rotatable bonds is 7. The molecule has 0 radical (unpaired) electrons. The van der Waals surface area contributed by atoms with Crippen molar-refractivity contribution in [3.63, 3.8) is 0 Å². The Morgan fingerprint density at radius 1 is 1.25 bits per heavy atom. The average molecular weight is 359 g/mol. The van der Waals surface area contributed by atoms with Gasteiger partial charge in [0.1, 0.15) is 18.1 Å². The third kappa shape index (κ3) is 5.52. The molecule has 0 aliphatic heterocycles. The Hall–Kier alpha value is -2.09. The molecule has 0 fully saturated rings. The zero-order valence-corrected chi connectivity index (χ0v) is 13.7. The number of furan rings is 1. The Labute approximate surface area is 141 Å². The van der Waals surface area contributed by atoms with Gasteiger partial charge < -0.3 is 14.1 Å². The lowest BCUT2D eigenvalue weighted by Gasteiger charge is -2.23. The van der Waals surface area contributed by atoms with Gasteiger partial charge in [0.2, 0.25) is 5.91 Å². The predicted octanol–water partition coefficient (Wildman–Crippen LogP) is 3.97. The maximum Gasteiger partial charge on any atom is 0.406 e. The molecule has 1 aromatic carbocycles. The molecule has 0 N–H and O–H groups in total. The number of carbonyl (C=O) groups excluding carboxylic acids is 1. The number of thioether (sulfide) groups is 1. The van der Waals surface area contributed by atoms with E-state index < -0.39 is 18.6 Å². The lowest BCUT2D eigenvalue weighted by Crippen LogP contribution is -2.39. The van der Waals surface area contributed by atoms with E-state index in [0.29, 0.717) is 16.4 Å². The number of hydrogen-bond acceptors (Lipinski definition) is 4. The topological polar surface area (TPSA) is 42.7 Å². The monoisotopic (exact) mass is 359 g/mol. The van der Waals surface area contributed by atoms with Crippen LogP contribution in [0.15, 0.2) is 52.0 Å². The molecular formula is C16H16F3NO3S. The lowest BCUT2D eigenvalue weighted by molar-refractivity contribution is -0.161. The fourth-order valence-corrected chi connectivity index (χ4v) is 2.94. The van der Waals surface area contributed by atoms with E-state index in [2.05, 4.69) is 0 Å². The summed E-state index contributed by atoms with van der Waals surface area (Å²) >= 11 is 1.13. The zero-order valence-electron chi connectivity index (χ0n) is 12.9. The quantitative estimate of drug-likeness (QED) is 0.702. The van der Waals surface area contributed by atoms with Crippen molar-refractivity contribution in [2.24, 2.45) is 0 Å². The van der Waals surface area contributed by atoms with Crippen LogP contribution in [0.5, 0.6) is 5.75 Å². The van der Waals surface area contributed by atoms with Gasteiger partial charge >= 0.3 is 6.18 Å². The Kier molecular flexibility index (Phi) is 6.19. The molecule has 1 aromatic heterocycles. The summed E-state index contributed by atoms with van der Waals surface area (Å²) in [4.78, 5) is 13.7. The number of methoxy groups -OCH3 is 1. The van der Waals surface area contributed by atoms with Crippen molar-refractivity contribution in [2.75, 3.05) is 19.4 Å². The Morgan fingerprint density at radius 3 is 2.62 bits per heavy atom. The maximum atomic E-state index is 12.7. The van der Waals surface area contributed by atoms with Crippen molar-refractivity contribution < 1.29 is 27.1 Å². The van der Waals surface area contributed by atoms with E-state index in [1.807, 2.05) is 0 Å². The second kappa shape index (κ2) is 8.14. The molecular weight excluding hydrogens is 343 g/mol. The van der Waals surface area contributed by atoms with Crippen LogP contribution in [0.1, 0.15) is 5.76 Å². The van der Waals surface area contributed by atoms with Crippen LogP contribution in [0.2, 0.25) is 0 Å². The van der Waals surface area contributed by atoms with Gasteiger partial charge in [-0.15, -0.1) is 11.8 Å². The molecule has 0 atom stereocenters. The largest absolute Gasteiger partial charge is 0.496 e. The number of hydrogen-bond donors (Lipinski definition) is 0. The molecule has 4 nitrogen and oxygen atoms in total. The lowest BCUT2D eigenvalue weighted by atomic mass is 10.3. The van der Waals surface area contributed by atoms with Crippen LogP contribution >= 0.6 is 11.8 Å². The number of benzene rings is 1.